The van der Waals surface area contributed by atoms with Crippen molar-refractivity contribution in [1.82, 2.24) is 10.2 Å². The molecule has 0 aliphatic heterocycles. The van der Waals surface area contributed by atoms with Crippen LogP contribution in [0.2, 0.25) is 0 Å². The lowest BCUT2D eigenvalue weighted by Crippen LogP contribution is -2.42. The SMILES string of the molecule is C/C(=C\CNC(=O)OCC1c2ccccc2-c2ccccc21)C(=O)N(CC(=O)O)CC(F)(F)F. The maximum absolute atomic E-state index is 12.7. The second-order valence-corrected chi connectivity index (χ2v) is 7.76. The number of carbonyl (C=O) groups excluding carboxylic acids is 2. The van der Waals surface area contributed by atoms with E-state index in [2.05, 4.69) is 5.32 Å². The van der Waals surface area contributed by atoms with Crippen LogP contribution in [-0.2, 0) is 14.3 Å². The second kappa shape index (κ2) is 10.4. The number of rotatable bonds is 8. The summed E-state index contributed by atoms with van der Waals surface area (Å²) in [5.41, 5.74) is 4.11. The van der Waals surface area contributed by atoms with Crippen molar-refractivity contribution < 1.29 is 37.4 Å². The van der Waals surface area contributed by atoms with Crippen LogP contribution in [0.4, 0.5) is 18.0 Å². The number of nitrogens with one attached hydrogen (secondary N) is 1. The Kier molecular flexibility index (Phi) is 7.60. The first-order valence-corrected chi connectivity index (χ1v) is 10.4. The zero-order valence-electron chi connectivity index (χ0n) is 18.3. The Hall–Kier alpha value is -3.82. The van der Waals surface area contributed by atoms with Crippen molar-refractivity contribution in [2.45, 2.75) is 19.0 Å². The fourth-order valence-corrected chi connectivity index (χ4v) is 3.85. The van der Waals surface area contributed by atoms with E-state index < -0.39 is 37.2 Å². The van der Waals surface area contributed by atoms with Crippen LogP contribution in [-0.4, -0.2) is 60.4 Å². The van der Waals surface area contributed by atoms with Gasteiger partial charge in [-0.2, -0.15) is 13.2 Å². The number of carboxylic acid groups (broad SMARTS) is 1. The number of fused-ring (bicyclic) bond motifs is 3. The number of hydrogen-bond donors (Lipinski definition) is 2. The topological polar surface area (TPSA) is 95.9 Å². The van der Waals surface area contributed by atoms with E-state index in [-0.39, 0.29) is 29.5 Å². The van der Waals surface area contributed by atoms with Gasteiger partial charge in [-0.1, -0.05) is 54.6 Å². The molecule has 0 heterocycles. The van der Waals surface area contributed by atoms with Gasteiger partial charge in [-0.3, -0.25) is 9.59 Å². The standard InChI is InChI=1S/C24H23F3N2O5/c1-15(22(32)29(12-21(30)31)14-24(25,26)27)10-11-28-23(33)34-13-20-18-8-4-2-6-16(18)17-7-3-5-9-19(17)20/h2-10,20H,11-14H2,1H3,(H,28,33)(H,30,31)/b15-10+. The van der Waals surface area contributed by atoms with Crippen LogP contribution in [0, 0.1) is 0 Å². The third-order valence-electron chi connectivity index (χ3n) is 5.32. The summed E-state index contributed by atoms with van der Waals surface area (Å²) in [6.45, 7) is -1.64. The first kappa shape index (κ1) is 24.8. The van der Waals surface area contributed by atoms with E-state index in [1.165, 1.54) is 13.0 Å². The summed E-state index contributed by atoms with van der Waals surface area (Å²) >= 11 is 0. The smallest absolute Gasteiger partial charge is 0.407 e. The number of carbonyl (C=O) groups is 3. The van der Waals surface area contributed by atoms with Gasteiger partial charge in [0.1, 0.15) is 19.7 Å². The lowest BCUT2D eigenvalue weighted by Gasteiger charge is -2.22. The number of benzene rings is 2. The van der Waals surface area contributed by atoms with E-state index in [1.54, 1.807) is 0 Å². The molecule has 2 N–H and O–H groups in total. The van der Waals surface area contributed by atoms with Crippen LogP contribution in [0.3, 0.4) is 0 Å². The molecule has 0 saturated carbocycles. The Morgan fingerprint density at radius 3 is 2.15 bits per heavy atom. The Morgan fingerprint density at radius 1 is 1.06 bits per heavy atom. The molecule has 2 amide bonds. The summed E-state index contributed by atoms with van der Waals surface area (Å²) < 4.78 is 43.3. The van der Waals surface area contributed by atoms with Crippen molar-refractivity contribution >= 4 is 18.0 Å². The highest BCUT2D eigenvalue weighted by Gasteiger charge is 2.34. The fraction of sp³-hybridized carbons (Fsp3) is 0.292. The third-order valence-corrected chi connectivity index (χ3v) is 5.32. The highest BCUT2D eigenvalue weighted by Crippen LogP contribution is 2.44. The average molecular weight is 476 g/mol. The van der Waals surface area contributed by atoms with Gasteiger partial charge in [0.25, 0.3) is 0 Å². The van der Waals surface area contributed by atoms with Crippen molar-refractivity contribution in [3.8, 4) is 11.1 Å². The highest BCUT2D eigenvalue weighted by atomic mass is 19.4. The molecule has 1 aliphatic carbocycles. The monoisotopic (exact) mass is 476 g/mol. The molecule has 34 heavy (non-hydrogen) atoms. The first-order valence-electron chi connectivity index (χ1n) is 10.4. The lowest BCUT2D eigenvalue weighted by atomic mass is 9.98. The summed E-state index contributed by atoms with van der Waals surface area (Å²) in [5.74, 6) is -2.79. The zero-order valence-corrected chi connectivity index (χ0v) is 18.3. The average Bonchev–Trinajstić information content (AvgIpc) is 3.09. The molecular formula is C24H23F3N2O5. The minimum absolute atomic E-state index is 0.0828. The molecule has 0 unspecified atom stereocenters. The van der Waals surface area contributed by atoms with Crippen molar-refractivity contribution in [2.24, 2.45) is 0 Å². The minimum Gasteiger partial charge on any atom is -0.480 e. The number of alkyl halides is 3. The van der Waals surface area contributed by atoms with E-state index in [1.807, 2.05) is 48.5 Å². The predicted molar refractivity (Wildman–Crippen MR) is 117 cm³/mol. The van der Waals surface area contributed by atoms with Crippen LogP contribution >= 0.6 is 0 Å². The van der Waals surface area contributed by atoms with Gasteiger partial charge in [-0.15, -0.1) is 0 Å². The third kappa shape index (κ3) is 6.15. The molecule has 0 fully saturated rings. The Morgan fingerprint density at radius 2 is 1.62 bits per heavy atom. The number of alkyl carbamates (subject to hydrolysis) is 1. The normalized spacial score (nSPS) is 13.1. The number of amides is 2. The van der Waals surface area contributed by atoms with Gasteiger partial charge in [0.05, 0.1) is 0 Å². The summed E-state index contributed by atoms with van der Waals surface area (Å²) in [7, 11) is 0. The second-order valence-electron chi connectivity index (χ2n) is 7.76. The van der Waals surface area contributed by atoms with Gasteiger partial charge in [0, 0.05) is 18.0 Å². The van der Waals surface area contributed by atoms with Gasteiger partial charge < -0.3 is 20.1 Å². The summed E-state index contributed by atoms with van der Waals surface area (Å²) in [6, 6.07) is 15.7. The minimum atomic E-state index is -4.75. The molecule has 1 aliphatic rings. The fourth-order valence-electron chi connectivity index (χ4n) is 3.85. The van der Waals surface area contributed by atoms with Crippen molar-refractivity contribution in [3.05, 3.63) is 71.3 Å². The molecular weight excluding hydrogens is 453 g/mol. The van der Waals surface area contributed by atoms with Crippen LogP contribution in [0.25, 0.3) is 11.1 Å². The zero-order chi connectivity index (χ0) is 24.9. The number of carboxylic acids is 1. The summed E-state index contributed by atoms with van der Waals surface area (Å²) in [4.78, 5) is 35.4. The number of ether oxygens (including phenoxy) is 1. The van der Waals surface area contributed by atoms with Crippen LogP contribution in [0.15, 0.2) is 60.2 Å². The van der Waals surface area contributed by atoms with Gasteiger partial charge in [0.2, 0.25) is 5.91 Å². The largest absolute Gasteiger partial charge is 0.480 e. The molecule has 2 aromatic rings. The van der Waals surface area contributed by atoms with Crippen LogP contribution < -0.4 is 5.32 Å². The first-order chi connectivity index (χ1) is 16.1. The van der Waals surface area contributed by atoms with Gasteiger partial charge in [-0.05, 0) is 29.2 Å². The number of nitrogens with zero attached hydrogens (tertiary/aromatic N) is 1. The molecule has 2 aromatic carbocycles. The molecule has 3 rings (SSSR count). The number of aliphatic carboxylic acids is 1. The van der Waals surface area contributed by atoms with Gasteiger partial charge in [0.15, 0.2) is 0 Å². The van der Waals surface area contributed by atoms with E-state index in [9.17, 15) is 27.6 Å². The quantitative estimate of drug-likeness (QED) is 0.563. The highest BCUT2D eigenvalue weighted by molar-refractivity contribution is 5.94. The molecule has 7 nitrogen and oxygen atoms in total. The Balaban J connectivity index is 1.56. The molecule has 0 bridgehead atoms. The Bertz CT molecular complexity index is 1070. The molecule has 180 valence electrons. The van der Waals surface area contributed by atoms with Crippen molar-refractivity contribution in [2.75, 3.05) is 26.2 Å². The molecule has 0 aromatic heterocycles. The number of halogens is 3. The molecule has 10 heteroatoms. The number of hydrogen-bond acceptors (Lipinski definition) is 4. The van der Waals surface area contributed by atoms with Crippen LogP contribution in [0.1, 0.15) is 24.0 Å². The van der Waals surface area contributed by atoms with Gasteiger partial charge >= 0.3 is 18.2 Å². The summed E-state index contributed by atoms with van der Waals surface area (Å²) in [5, 5.41) is 11.2. The van der Waals surface area contributed by atoms with Crippen molar-refractivity contribution in [3.63, 3.8) is 0 Å². The van der Waals surface area contributed by atoms with Crippen molar-refractivity contribution in [1.29, 1.82) is 0 Å². The van der Waals surface area contributed by atoms with E-state index in [0.717, 1.165) is 22.3 Å². The Labute approximate surface area is 193 Å². The maximum atomic E-state index is 12.7. The lowest BCUT2D eigenvalue weighted by molar-refractivity contribution is -0.163. The van der Waals surface area contributed by atoms with Gasteiger partial charge in [-0.25, -0.2) is 4.79 Å². The van der Waals surface area contributed by atoms with Crippen LogP contribution in [0.5, 0.6) is 0 Å². The van der Waals surface area contributed by atoms with E-state index >= 15 is 0 Å². The van der Waals surface area contributed by atoms with E-state index in [4.69, 9.17) is 9.84 Å². The molecule has 0 atom stereocenters. The van der Waals surface area contributed by atoms with E-state index in [0.29, 0.717) is 0 Å². The predicted octanol–water partition coefficient (Wildman–Crippen LogP) is 3.95. The molecule has 0 spiro atoms. The summed E-state index contributed by atoms with van der Waals surface area (Å²) in [6.07, 6.45) is -4.30. The molecule has 0 saturated heterocycles. The maximum Gasteiger partial charge on any atom is 0.407 e. The molecule has 0 radical (unpaired) electrons.